The van der Waals surface area contributed by atoms with E-state index in [0.717, 1.165) is 18.2 Å². The van der Waals surface area contributed by atoms with Crippen LogP contribution in [0.2, 0.25) is 0 Å². The standard InChI is InChI=1S/C13H10F3N3O2/c14-13(15,16)7-1-2-10(9(17)5-7)19-12(21)8-6-18-4-3-11(8)20/h1-6H,17H2,(H,18,20)(H,19,21). The van der Waals surface area contributed by atoms with Crippen LogP contribution in [-0.4, -0.2) is 10.9 Å². The zero-order valence-corrected chi connectivity index (χ0v) is 10.5. The highest BCUT2D eigenvalue weighted by atomic mass is 19.4. The average Bonchev–Trinajstić information content (AvgIpc) is 2.40. The smallest absolute Gasteiger partial charge is 0.397 e. The molecule has 0 aliphatic rings. The molecule has 0 spiro atoms. The van der Waals surface area contributed by atoms with Gasteiger partial charge in [-0.3, -0.25) is 9.59 Å². The SMILES string of the molecule is Nc1cc(C(F)(F)F)ccc1NC(=O)c1c[nH]ccc1=O. The van der Waals surface area contributed by atoms with E-state index in [9.17, 15) is 22.8 Å². The number of pyridine rings is 1. The van der Waals surface area contributed by atoms with Crippen LogP contribution in [0.5, 0.6) is 0 Å². The highest BCUT2D eigenvalue weighted by molar-refractivity contribution is 6.05. The molecule has 0 aliphatic heterocycles. The molecule has 1 aromatic carbocycles. The molecule has 1 aromatic heterocycles. The number of nitrogen functional groups attached to an aromatic ring is 1. The van der Waals surface area contributed by atoms with Gasteiger partial charge in [0.15, 0.2) is 5.43 Å². The summed E-state index contributed by atoms with van der Waals surface area (Å²) in [6.45, 7) is 0. The van der Waals surface area contributed by atoms with Gasteiger partial charge in [0.2, 0.25) is 0 Å². The molecule has 2 aromatic rings. The number of benzene rings is 1. The maximum absolute atomic E-state index is 12.5. The zero-order chi connectivity index (χ0) is 15.6. The molecule has 0 aliphatic carbocycles. The second-order valence-electron chi connectivity index (χ2n) is 4.18. The minimum Gasteiger partial charge on any atom is -0.397 e. The molecular formula is C13H10F3N3O2. The van der Waals surface area contributed by atoms with E-state index in [1.54, 1.807) is 0 Å². The molecule has 4 N–H and O–H groups in total. The van der Waals surface area contributed by atoms with Crippen LogP contribution in [0, 0.1) is 0 Å². The number of hydrogen-bond donors (Lipinski definition) is 3. The summed E-state index contributed by atoms with van der Waals surface area (Å²) in [5, 5.41) is 2.29. The fourth-order valence-corrected chi connectivity index (χ4v) is 1.64. The van der Waals surface area contributed by atoms with Crippen LogP contribution in [0.1, 0.15) is 15.9 Å². The number of aromatic amines is 1. The number of aromatic nitrogens is 1. The molecule has 1 heterocycles. The predicted octanol–water partition coefficient (Wildman–Crippen LogP) is 2.23. The molecule has 0 unspecified atom stereocenters. The topological polar surface area (TPSA) is 88.0 Å². The molecule has 8 heteroatoms. The van der Waals surface area contributed by atoms with Crippen molar-refractivity contribution in [2.24, 2.45) is 0 Å². The number of nitrogens with one attached hydrogen (secondary N) is 2. The number of carbonyl (C=O) groups is 1. The molecule has 0 atom stereocenters. The Morgan fingerprint density at radius 1 is 1.24 bits per heavy atom. The van der Waals surface area contributed by atoms with Crippen LogP contribution in [0.25, 0.3) is 0 Å². The zero-order valence-electron chi connectivity index (χ0n) is 10.5. The third kappa shape index (κ3) is 3.22. The van der Waals surface area contributed by atoms with Gasteiger partial charge in [-0.05, 0) is 18.2 Å². The summed E-state index contributed by atoms with van der Waals surface area (Å²) in [7, 11) is 0. The first-order valence-corrected chi connectivity index (χ1v) is 5.74. The molecule has 2 rings (SSSR count). The second kappa shape index (κ2) is 5.31. The number of hydrogen-bond acceptors (Lipinski definition) is 3. The molecule has 0 fully saturated rings. The molecule has 0 bridgehead atoms. The largest absolute Gasteiger partial charge is 0.416 e. The van der Waals surface area contributed by atoms with Gasteiger partial charge in [0, 0.05) is 18.5 Å². The Morgan fingerprint density at radius 2 is 1.95 bits per heavy atom. The number of halogens is 3. The van der Waals surface area contributed by atoms with Crippen LogP contribution >= 0.6 is 0 Å². The summed E-state index contributed by atoms with van der Waals surface area (Å²) in [6, 6.07) is 3.70. The first kappa shape index (κ1) is 14.6. The molecule has 5 nitrogen and oxygen atoms in total. The Bertz CT molecular complexity index is 738. The van der Waals surface area contributed by atoms with E-state index in [4.69, 9.17) is 5.73 Å². The van der Waals surface area contributed by atoms with Crippen molar-refractivity contribution in [3.8, 4) is 0 Å². The van der Waals surface area contributed by atoms with Crippen LogP contribution in [-0.2, 0) is 6.18 Å². The Balaban J connectivity index is 2.27. The van der Waals surface area contributed by atoms with E-state index < -0.39 is 23.1 Å². The minimum absolute atomic E-state index is 0.00347. The summed E-state index contributed by atoms with van der Waals surface area (Å²) in [6.07, 6.45) is -1.98. The molecular weight excluding hydrogens is 287 g/mol. The van der Waals surface area contributed by atoms with Gasteiger partial charge in [-0.1, -0.05) is 0 Å². The minimum atomic E-state index is -4.52. The second-order valence-corrected chi connectivity index (χ2v) is 4.18. The van der Waals surface area contributed by atoms with Crippen molar-refractivity contribution < 1.29 is 18.0 Å². The summed E-state index contributed by atoms with van der Waals surface area (Å²) in [5.41, 5.74) is 3.63. The van der Waals surface area contributed by atoms with Crippen LogP contribution in [0.4, 0.5) is 24.5 Å². The summed E-state index contributed by atoms with van der Waals surface area (Å²) >= 11 is 0. The van der Waals surface area contributed by atoms with Crippen molar-refractivity contribution in [2.45, 2.75) is 6.18 Å². The summed E-state index contributed by atoms with van der Waals surface area (Å²) in [5.74, 6) is -0.761. The fourth-order valence-electron chi connectivity index (χ4n) is 1.64. The lowest BCUT2D eigenvalue weighted by molar-refractivity contribution is -0.137. The van der Waals surface area contributed by atoms with Crippen molar-refractivity contribution in [3.05, 3.63) is 58.0 Å². The highest BCUT2D eigenvalue weighted by Crippen LogP contribution is 2.32. The van der Waals surface area contributed by atoms with Crippen molar-refractivity contribution in [3.63, 3.8) is 0 Å². The summed E-state index contributed by atoms with van der Waals surface area (Å²) in [4.78, 5) is 25.9. The predicted molar refractivity (Wildman–Crippen MR) is 70.9 cm³/mol. The third-order valence-corrected chi connectivity index (χ3v) is 2.70. The number of rotatable bonds is 2. The Kier molecular flexibility index (Phi) is 3.70. The van der Waals surface area contributed by atoms with Gasteiger partial charge < -0.3 is 16.0 Å². The Labute approximate surface area is 116 Å². The van der Waals surface area contributed by atoms with Crippen LogP contribution in [0.15, 0.2) is 41.5 Å². The van der Waals surface area contributed by atoms with Crippen molar-refractivity contribution in [1.29, 1.82) is 0 Å². The average molecular weight is 297 g/mol. The molecule has 0 saturated heterocycles. The molecule has 110 valence electrons. The van der Waals surface area contributed by atoms with Gasteiger partial charge in [0.25, 0.3) is 5.91 Å². The molecule has 0 radical (unpaired) electrons. The number of alkyl halides is 3. The Hall–Kier alpha value is -2.77. The summed E-state index contributed by atoms with van der Waals surface area (Å²) < 4.78 is 37.5. The quantitative estimate of drug-likeness (QED) is 0.743. The van der Waals surface area contributed by atoms with E-state index in [0.29, 0.717) is 6.07 Å². The lowest BCUT2D eigenvalue weighted by atomic mass is 10.1. The van der Waals surface area contributed by atoms with E-state index in [1.807, 2.05) is 0 Å². The van der Waals surface area contributed by atoms with E-state index >= 15 is 0 Å². The highest BCUT2D eigenvalue weighted by Gasteiger charge is 2.30. The molecule has 0 saturated carbocycles. The van der Waals surface area contributed by atoms with Crippen LogP contribution < -0.4 is 16.5 Å². The third-order valence-electron chi connectivity index (χ3n) is 2.70. The maximum atomic E-state index is 12.5. The lowest BCUT2D eigenvalue weighted by Crippen LogP contribution is -2.21. The lowest BCUT2D eigenvalue weighted by Gasteiger charge is -2.11. The number of H-pyrrole nitrogens is 1. The number of nitrogens with two attached hydrogens (primary N) is 1. The fraction of sp³-hybridized carbons (Fsp3) is 0.0769. The van der Waals surface area contributed by atoms with E-state index in [-0.39, 0.29) is 16.9 Å². The van der Waals surface area contributed by atoms with Crippen molar-refractivity contribution >= 4 is 17.3 Å². The van der Waals surface area contributed by atoms with Gasteiger partial charge in [-0.15, -0.1) is 0 Å². The first-order valence-electron chi connectivity index (χ1n) is 5.74. The van der Waals surface area contributed by atoms with E-state index in [2.05, 4.69) is 10.3 Å². The molecule has 21 heavy (non-hydrogen) atoms. The Morgan fingerprint density at radius 3 is 2.52 bits per heavy atom. The number of amides is 1. The van der Waals surface area contributed by atoms with Gasteiger partial charge in [-0.2, -0.15) is 13.2 Å². The normalized spacial score (nSPS) is 11.2. The number of anilines is 2. The van der Waals surface area contributed by atoms with Gasteiger partial charge >= 0.3 is 6.18 Å². The molecule has 1 amide bonds. The van der Waals surface area contributed by atoms with Gasteiger partial charge in [0.05, 0.1) is 16.9 Å². The van der Waals surface area contributed by atoms with E-state index in [1.165, 1.54) is 12.4 Å². The van der Waals surface area contributed by atoms with Crippen LogP contribution in [0.3, 0.4) is 0 Å². The first-order chi connectivity index (χ1) is 9.79. The van der Waals surface area contributed by atoms with Crippen molar-refractivity contribution in [1.82, 2.24) is 4.98 Å². The van der Waals surface area contributed by atoms with Gasteiger partial charge in [0.1, 0.15) is 5.56 Å². The van der Waals surface area contributed by atoms with Gasteiger partial charge in [-0.25, -0.2) is 0 Å². The van der Waals surface area contributed by atoms with Crippen molar-refractivity contribution in [2.75, 3.05) is 11.1 Å². The monoisotopic (exact) mass is 297 g/mol. The number of carbonyl (C=O) groups excluding carboxylic acids is 1. The maximum Gasteiger partial charge on any atom is 0.416 e.